The van der Waals surface area contributed by atoms with Crippen molar-refractivity contribution in [2.75, 3.05) is 5.32 Å². The average Bonchev–Trinajstić information content (AvgIpc) is 2.42. The van der Waals surface area contributed by atoms with Gasteiger partial charge in [0.15, 0.2) is 0 Å². The summed E-state index contributed by atoms with van der Waals surface area (Å²) in [5, 5.41) is 17.8. The number of phenolic OH excluding ortho intramolecular Hbond substituents is 1. The third kappa shape index (κ3) is 4.19. The number of phenols is 1. The van der Waals surface area contributed by atoms with E-state index in [4.69, 9.17) is 5.14 Å². The summed E-state index contributed by atoms with van der Waals surface area (Å²) in [4.78, 5) is 0.0561. The summed E-state index contributed by atoms with van der Waals surface area (Å²) in [6.45, 7) is 0.464. The van der Waals surface area contributed by atoms with Crippen LogP contribution in [-0.4, -0.2) is 13.5 Å². The molecule has 0 aliphatic carbocycles. The van der Waals surface area contributed by atoms with Crippen molar-refractivity contribution < 1.29 is 13.5 Å². The second-order valence-electron chi connectivity index (χ2n) is 4.33. The third-order valence-electron chi connectivity index (χ3n) is 2.74. The number of anilines is 1. The van der Waals surface area contributed by atoms with E-state index in [2.05, 4.69) is 37.2 Å². The van der Waals surface area contributed by atoms with E-state index in [1.807, 2.05) is 0 Å². The van der Waals surface area contributed by atoms with E-state index >= 15 is 0 Å². The lowest BCUT2D eigenvalue weighted by Gasteiger charge is -2.10. The Morgan fingerprint density at radius 1 is 1.14 bits per heavy atom. The van der Waals surface area contributed by atoms with Crippen molar-refractivity contribution in [3.8, 4) is 5.75 Å². The summed E-state index contributed by atoms with van der Waals surface area (Å²) < 4.78 is 23.7. The van der Waals surface area contributed by atoms with Gasteiger partial charge in [-0.3, -0.25) is 0 Å². The first-order chi connectivity index (χ1) is 9.77. The van der Waals surface area contributed by atoms with Crippen LogP contribution >= 0.6 is 31.9 Å². The second kappa shape index (κ2) is 6.35. The maximum Gasteiger partial charge on any atom is 0.238 e. The van der Waals surface area contributed by atoms with Crippen LogP contribution in [0.3, 0.4) is 0 Å². The van der Waals surface area contributed by atoms with Gasteiger partial charge in [0.2, 0.25) is 10.0 Å². The molecule has 21 heavy (non-hydrogen) atoms. The highest BCUT2D eigenvalue weighted by Gasteiger charge is 2.09. The number of hydrogen-bond donors (Lipinski definition) is 3. The fourth-order valence-electron chi connectivity index (χ4n) is 1.71. The second-order valence-corrected chi connectivity index (χ2v) is 7.60. The number of halogens is 2. The number of benzene rings is 2. The number of aromatic hydroxyl groups is 1. The Morgan fingerprint density at radius 3 is 2.33 bits per heavy atom. The van der Waals surface area contributed by atoms with E-state index in [0.717, 1.165) is 5.56 Å². The van der Waals surface area contributed by atoms with Gasteiger partial charge in [-0.05, 0) is 67.8 Å². The summed E-state index contributed by atoms with van der Waals surface area (Å²) >= 11 is 6.51. The van der Waals surface area contributed by atoms with Crippen molar-refractivity contribution >= 4 is 47.6 Å². The predicted molar refractivity (Wildman–Crippen MR) is 88.6 cm³/mol. The smallest absolute Gasteiger partial charge is 0.238 e. The van der Waals surface area contributed by atoms with Crippen LogP contribution in [0.4, 0.5) is 5.69 Å². The zero-order valence-corrected chi connectivity index (χ0v) is 14.7. The first-order valence-corrected chi connectivity index (χ1v) is 8.94. The van der Waals surface area contributed by atoms with Gasteiger partial charge in [0.05, 0.1) is 13.8 Å². The third-order valence-corrected chi connectivity index (χ3v) is 4.86. The fraction of sp³-hybridized carbons (Fsp3) is 0.0769. The number of rotatable bonds is 4. The Morgan fingerprint density at radius 2 is 1.76 bits per heavy atom. The highest BCUT2D eigenvalue weighted by atomic mass is 79.9. The summed E-state index contributed by atoms with van der Waals surface area (Å²) in [6.07, 6.45) is 0. The minimum absolute atomic E-state index is 0.0561. The zero-order chi connectivity index (χ0) is 15.6. The lowest BCUT2D eigenvalue weighted by molar-refractivity contribution is 0.468. The van der Waals surface area contributed by atoms with Gasteiger partial charge in [-0.15, -0.1) is 0 Å². The quantitative estimate of drug-likeness (QED) is 0.687. The first-order valence-electron chi connectivity index (χ1n) is 5.81. The lowest BCUT2D eigenvalue weighted by atomic mass is 10.2. The summed E-state index contributed by atoms with van der Waals surface area (Å²) in [5.74, 6) is 0.134. The molecule has 0 spiro atoms. The molecule has 0 fully saturated rings. The summed E-state index contributed by atoms with van der Waals surface area (Å²) in [7, 11) is -3.72. The van der Waals surface area contributed by atoms with Gasteiger partial charge in [0, 0.05) is 12.2 Å². The Labute approximate surface area is 139 Å². The Bertz CT molecular complexity index is 756. The molecule has 2 aromatic carbocycles. The van der Waals surface area contributed by atoms with Crippen molar-refractivity contribution in [3.05, 3.63) is 50.9 Å². The van der Waals surface area contributed by atoms with Gasteiger partial charge in [-0.1, -0.05) is 6.07 Å². The van der Waals surface area contributed by atoms with Crippen molar-refractivity contribution in [2.45, 2.75) is 11.4 Å². The van der Waals surface area contributed by atoms with Crippen LogP contribution in [0.25, 0.3) is 0 Å². The first kappa shape index (κ1) is 16.3. The Hall–Kier alpha value is -1.09. The molecule has 0 aromatic heterocycles. The zero-order valence-electron chi connectivity index (χ0n) is 10.7. The molecule has 112 valence electrons. The maximum absolute atomic E-state index is 11.3. The molecule has 5 nitrogen and oxygen atoms in total. The Balaban J connectivity index is 2.17. The molecular formula is C13H12Br2N2O3S. The molecule has 0 saturated heterocycles. The molecule has 8 heteroatoms. The van der Waals surface area contributed by atoms with Crippen molar-refractivity contribution in [2.24, 2.45) is 5.14 Å². The van der Waals surface area contributed by atoms with Crippen LogP contribution in [0.2, 0.25) is 0 Å². The molecule has 2 rings (SSSR count). The molecule has 0 saturated carbocycles. The molecule has 2 aromatic rings. The van der Waals surface area contributed by atoms with Gasteiger partial charge in [0.25, 0.3) is 0 Å². The van der Waals surface area contributed by atoms with Gasteiger partial charge in [-0.2, -0.15) is 0 Å². The van der Waals surface area contributed by atoms with Gasteiger partial charge in [0.1, 0.15) is 5.75 Å². The van der Waals surface area contributed by atoms with Crippen LogP contribution in [0.1, 0.15) is 5.56 Å². The minimum atomic E-state index is -3.72. The van der Waals surface area contributed by atoms with Crippen molar-refractivity contribution in [3.63, 3.8) is 0 Å². The van der Waals surface area contributed by atoms with Crippen LogP contribution in [0.5, 0.6) is 5.75 Å². The van der Waals surface area contributed by atoms with Crippen molar-refractivity contribution in [1.82, 2.24) is 0 Å². The summed E-state index contributed by atoms with van der Waals surface area (Å²) in [6, 6.07) is 9.82. The topological polar surface area (TPSA) is 92.4 Å². The van der Waals surface area contributed by atoms with E-state index in [0.29, 0.717) is 21.2 Å². The fourth-order valence-corrected chi connectivity index (χ4v) is 3.55. The number of nitrogens with two attached hydrogens (primary N) is 1. The largest absolute Gasteiger partial charge is 0.506 e. The maximum atomic E-state index is 11.3. The SMILES string of the molecule is NS(=O)(=O)c1cccc(NCc2cc(Br)c(O)c(Br)c2)c1. The Kier molecular flexibility index (Phi) is 4.92. The molecule has 0 aliphatic heterocycles. The van der Waals surface area contributed by atoms with Crippen LogP contribution < -0.4 is 10.5 Å². The van der Waals surface area contributed by atoms with Gasteiger partial charge in [-0.25, -0.2) is 13.6 Å². The summed E-state index contributed by atoms with van der Waals surface area (Å²) in [5.41, 5.74) is 1.55. The van der Waals surface area contributed by atoms with E-state index in [1.165, 1.54) is 12.1 Å². The molecule has 0 unspecified atom stereocenters. The van der Waals surface area contributed by atoms with Gasteiger partial charge >= 0.3 is 0 Å². The number of sulfonamides is 1. The highest BCUT2D eigenvalue weighted by molar-refractivity contribution is 9.11. The van der Waals surface area contributed by atoms with E-state index in [9.17, 15) is 13.5 Å². The van der Waals surface area contributed by atoms with Crippen LogP contribution in [-0.2, 0) is 16.6 Å². The predicted octanol–water partition coefficient (Wildman–Crippen LogP) is 3.18. The molecule has 0 atom stereocenters. The highest BCUT2D eigenvalue weighted by Crippen LogP contribution is 2.33. The van der Waals surface area contributed by atoms with Crippen molar-refractivity contribution in [1.29, 1.82) is 0 Å². The molecular weight excluding hydrogens is 424 g/mol. The van der Waals surface area contributed by atoms with E-state index in [-0.39, 0.29) is 10.6 Å². The standard InChI is InChI=1S/C13H12Br2N2O3S/c14-11-4-8(5-12(15)13(11)18)7-17-9-2-1-3-10(6-9)21(16,19)20/h1-6,17-18H,7H2,(H2,16,19,20). The molecule has 0 bridgehead atoms. The normalized spacial score (nSPS) is 11.4. The number of hydrogen-bond acceptors (Lipinski definition) is 4. The number of primary sulfonamides is 1. The molecule has 0 aliphatic rings. The van der Waals surface area contributed by atoms with E-state index < -0.39 is 10.0 Å². The van der Waals surface area contributed by atoms with Gasteiger partial charge < -0.3 is 10.4 Å². The molecule has 4 N–H and O–H groups in total. The lowest BCUT2D eigenvalue weighted by Crippen LogP contribution is -2.12. The number of nitrogens with one attached hydrogen (secondary N) is 1. The monoisotopic (exact) mass is 434 g/mol. The van der Waals surface area contributed by atoms with E-state index in [1.54, 1.807) is 24.3 Å². The molecule has 0 radical (unpaired) electrons. The van der Waals surface area contributed by atoms with Crippen LogP contribution in [0.15, 0.2) is 50.2 Å². The average molecular weight is 436 g/mol. The molecule has 0 heterocycles. The minimum Gasteiger partial charge on any atom is -0.506 e. The molecule has 0 amide bonds. The van der Waals surface area contributed by atoms with Crippen LogP contribution in [0, 0.1) is 0 Å².